The lowest BCUT2D eigenvalue weighted by molar-refractivity contribution is 0.235. The van der Waals surface area contributed by atoms with E-state index in [0.29, 0.717) is 6.54 Å². The number of thioether (sulfide) groups is 1. The van der Waals surface area contributed by atoms with Crippen molar-refractivity contribution in [1.29, 1.82) is 0 Å². The van der Waals surface area contributed by atoms with Crippen molar-refractivity contribution >= 4 is 11.8 Å². The molecule has 15 heavy (non-hydrogen) atoms. The summed E-state index contributed by atoms with van der Waals surface area (Å²) < 4.78 is 5.60. The molecular weight excluding hydrogens is 210 g/mol. The fraction of sp³-hybridized carbons (Fsp3) is 0.636. The van der Waals surface area contributed by atoms with Gasteiger partial charge in [-0.15, -0.1) is 0 Å². The van der Waals surface area contributed by atoms with Crippen LogP contribution < -0.4 is 5.32 Å². The minimum atomic E-state index is 0.166. The number of furan rings is 1. The van der Waals surface area contributed by atoms with Crippen LogP contribution in [0.25, 0.3) is 0 Å². The molecule has 0 aromatic carbocycles. The molecule has 0 fully saturated rings. The normalized spacial score (nSPS) is 13.0. The van der Waals surface area contributed by atoms with E-state index in [9.17, 15) is 0 Å². The van der Waals surface area contributed by atoms with E-state index in [4.69, 9.17) is 9.52 Å². The molecule has 0 spiro atoms. The van der Waals surface area contributed by atoms with Crippen molar-refractivity contribution in [2.45, 2.75) is 31.7 Å². The van der Waals surface area contributed by atoms with E-state index < -0.39 is 0 Å². The van der Waals surface area contributed by atoms with Crippen molar-refractivity contribution in [3.63, 3.8) is 0 Å². The van der Waals surface area contributed by atoms with Crippen LogP contribution in [0.2, 0.25) is 0 Å². The number of hydrogen-bond donors (Lipinski definition) is 2. The molecule has 0 radical (unpaired) electrons. The minimum Gasteiger partial charge on any atom is -0.464 e. The molecule has 4 heteroatoms. The van der Waals surface area contributed by atoms with Crippen LogP contribution in [0, 0.1) is 0 Å². The average Bonchev–Trinajstić information content (AvgIpc) is 2.68. The zero-order valence-electron chi connectivity index (χ0n) is 9.32. The molecule has 0 saturated carbocycles. The van der Waals surface area contributed by atoms with Gasteiger partial charge in [-0.2, -0.15) is 11.8 Å². The molecule has 1 aromatic rings. The second kappa shape index (κ2) is 6.93. The molecule has 86 valence electrons. The summed E-state index contributed by atoms with van der Waals surface area (Å²) in [4.78, 5) is 0. The Bertz CT molecular complexity index is 271. The fourth-order valence-corrected chi connectivity index (χ4v) is 1.76. The monoisotopic (exact) mass is 229 g/mol. The SMILES string of the molecule is CC[C@@H](CO)NCc1ccc(CSC)o1. The van der Waals surface area contributed by atoms with Gasteiger partial charge in [-0.05, 0) is 24.8 Å². The summed E-state index contributed by atoms with van der Waals surface area (Å²) in [5.74, 6) is 2.86. The molecule has 0 unspecified atom stereocenters. The van der Waals surface area contributed by atoms with Crippen molar-refractivity contribution < 1.29 is 9.52 Å². The van der Waals surface area contributed by atoms with Gasteiger partial charge in [-0.3, -0.25) is 0 Å². The Labute approximate surface area is 95.2 Å². The molecule has 0 bridgehead atoms. The molecule has 1 aromatic heterocycles. The molecule has 1 atom stereocenters. The highest BCUT2D eigenvalue weighted by atomic mass is 32.2. The first kappa shape index (κ1) is 12.6. The molecule has 0 aliphatic carbocycles. The van der Waals surface area contributed by atoms with E-state index in [1.807, 2.05) is 12.1 Å². The molecule has 0 amide bonds. The zero-order valence-corrected chi connectivity index (χ0v) is 10.1. The van der Waals surface area contributed by atoms with Gasteiger partial charge in [-0.25, -0.2) is 0 Å². The van der Waals surface area contributed by atoms with Crippen molar-refractivity contribution in [3.8, 4) is 0 Å². The van der Waals surface area contributed by atoms with Crippen molar-refractivity contribution in [2.24, 2.45) is 0 Å². The maximum atomic E-state index is 9.00. The topological polar surface area (TPSA) is 45.4 Å². The Hall–Kier alpha value is -0.450. The number of aliphatic hydroxyl groups excluding tert-OH is 1. The van der Waals surface area contributed by atoms with Crippen LogP contribution in [0.3, 0.4) is 0 Å². The van der Waals surface area contributed by atoms with Gasteiger partial charge in [0.2, 0.25) is 0 Å². The molecule has 1 rings (SSSR count). The number of rotatable bonds is 7. The van der Waals surface area contributed by atoms with Crippen molar-refractivity contribution in [3.05, 3.63) is 23.7 Å². The lowest BCUT2D eigenvalue weighted by atomic mass is 10.2. The van der Waals surface area contributed by atoms with E-state index >= 15 is 0 Å². The van der Waals surface area contributed by atoms with Gasteiger partial charge in [0.05, 0.1) is 18.9 Å². The van der Waals surface area contributed by atoms with Gasteiger partial charge >= 0.3 is 0 Å². The summed E-state index contributed by atoms with van der Waals surface area (Å²) in [5, 5.41) is 12.2. The molecule has 1 heterocycles. The van der Waals surface area contributed by atoms with Crippen molar-refractivity contribution in [1.82, 2.24) is 5.32 Å². The Morgan fingerprint density at radius 1 is 1.47 bits per heavy atom. The molecule has 0 aliphatic rings. The van der Waals surface area contributed by atoms with Crippen LogP contribution >= 0.6 is 11.8 Å². The summed E-state index contributed by atoms with van der Waals surface area (Å²) in [6, 6.07) is 4.16. The van der Waals surface area contributed by atoms with Crippen LogP contribution in [-0.2, 0) is 12.3 Å². The first-order chi connectivity index (χ1) is 7.30. The van der Waals surface area contributed by atoms with E-state index in [2.05, 4.69) is 18.5 Å². The zero-order chi connectivity index (χ0) is 11.1. The van der Waals surface area contributed by atoms with Gasteiger partial charge in [0, 0.05) is 6.04 Å². The third-order valence-electron chi connectivity index (χ3n) is 2.28. The molecular formula is C11H19NO2S. The first-order valence-corrected chi connectivity index (χ1v) is 6.60. The third-order valence-corrected chi connectivity index (χ3v) is 2.86. The summed E-state index contributed by atoms with van der Waals surface area (Å²) in [7, 11) is 0. The highest BCUT2D eigenvalue weighted by Gasteiger charge is 2.05. The van der Waals surface area contributed by atoms with Gasteiger partial charge in [0.1, 0.15) is 11.5 Å². The highest BCUT2D eigenvalue weighted by Crippen LogP contribution is 2.13. The van der Waals surface area contributed by atoms with E-state index in [-0.39, 0.29) is 12.6 Å². The van der Waals surface area contributed by atoms with E-state index in [1.165, 1.54) is 0 Å². The second-order valence-electron chi connectivity index (χ2n) is 3.47. The Morgan fingerprint density at radius 2 is 2.20 bits per heavy atom. The lowest BCUT2D eigenvalue weighted by Gasteiger charge is -2.12. The third kappa shape index (κ3) is 4.28. The number of hydrogen-bond acceptors (Lipinski definition) is 4. The maximum absolute atomic E-state index is 9.00. The maximum Gasteiger partial charge on any atom is 0.118 e. The fourth-order valence-electron chi connectivity index (χ4n) is 1.32. The van der Waals surface area contributed by atoms with Crippen LogP contribution in [-0.4, -0.2) is 24.0 Å². The van der Waals surface area contributed by atoms with Crippen LogP contribution in [0.15, 0.2) is 16.5 Å². The average molecular weight is 229 g/mol. The van der Waals surface area contributed by atoms with Gasteiger partial charge in [-0.1, -0.05) is 6.92 Å². The quantitative estimate of drug-likeness (QED) is 0.750. The van der Waals surface area contributed by atoms with Crippen LogP contribution in [0.5, 0.6) is 0 Å². The largest absolute Gasteiger partial charge is 0.464 e. The lowest BCUT2D eigenvalue weighted by Crippen LogP contribution is -2.30. The number of aliphatic hydroxyl groups is 1. The molecule has 3 nitrogen and oxygen atoms in total. The summed E-state index contributed by atoms with van der Waals surface area (Å²) in [5.41, 5.74) is 0. The van der Waals surface area contributed by atoms with E-state index in [0.717, 1.165) is 23.7 Å². The van der Waals surface area contributed by atoms with Crippen LogP contribution in [0.1, 0.15) is 24.9 Å². The first-order valence-electron chi connectivity index (χ1n) is 5.21. The standard InChI is InChI=1S/C11H19NO2S/c1-3-9(7-13)12-6-10-4-5-11(14-10)8-15-2/h4-5,9,12-13H,3,6-8H2,1-2H3/t9-/m0/s1. The Kier molecular flexibility index (Phi) is 5.83. The summed E-state index contributed by atoms with van der Waals surface area (Å²) in [6.45, 7) is 2.91. The van der Waals surface area contributed by atoms with E-state index in [1.54, 1.807) is 11.8 Å². The molecule has 2 N–H and O–H groups in total. The highest BCUT2D eigenvalue weighted by molar-refractivity contribution is 7.97. The van der Waals surface area contributed by atoms with Crippen LogP contribution in [0.4, 0.5) is 0 Å². The molecule has 0 aliphatic heterocycles. The second-order valence-corrected chi connectivity index (χ2v) is 4.34. The minimum absolute atomic E-state index is 0.166. The summed E-state index contributed by atoms with van der Waals surface area (Å²) >= 11 is 1.75. The smallest absolute Gasteiger partial charge is 0.118 e. The number of nitrogens with one attached hydrogen (secondary N) is 1. The summed E-state index contributed by atoms with van der Waals surface area (Å²) in [6.07, 6.45) is 2.98. The predicted molar refractivity (Wildman–Crippen MR) is 63.9 cm³/mol. The molecule has 0 saturated heterocycles. The Balaban J connectivity index is 2.36. The predicted octanol–water partition coefficient (Wildman–Crippen LogP) is 2.00. The van der Waals surface area contributed by atoms with Gasteiger partial charge in [0.15, 0.2) is 0 Å². The van der Waals surface area contributed by atoms with Crippen molar-refractivity contribution in [2.75, 3.05) is 12.9 Å². The van der Waals surface area contributed by atoms with Gasteiger partial charge < -0.3 is 14.8 Å². The van der Waals surface area contributed by atoms with Gasteiger partial charge in [0.25, 0.3) is 0 Å². The Morgan fingerprint density at radius 3 is 2.80 bits per heavy atom.